The number of carbonyl (C=O) groups is 1. The fourth-order valence-electron chi connectivity index (χ4n) is 5.25. The van der Waals surface area contributed by atoms with Crippen molar-refractivity contribution >= 4 is 16.6 Å². The lowest BCUT2D eigenvalue weighted by molar-refractivity contribution is -0.138. The number of carboxylic acid groups (broad SMARTS) is 1. The number of hydrogen-bond acceptors (Lipinski definition) is 7. The summed E-state index contributed by atoms with van der Waals surface area (Å²) in [6.45, 7) is 5.46. The van der Waals surface area contributed by atoms with Crippen molar-refractivity contribution in [3.63, 3.8) is 0 Å². The maximum Gasteiger partial charge on any atom is 0.320 e. The van der Waals surface area contributed by atoms with Crippen molar-refractivity contribution in [2.75, 3.05) is 19.4 Å². The maximum absolute atomic E-state index is 11.6. The molecule has 1 aliphatic rings. The first kappa shape index (κ1) is 30.4. The fourth-order valence-corrected chi connectivity index (χ4v) is 7.50. The average Bonchev–Trinajstić information content (AvgIpc) is 3.01. The van der Waals surface area contributed by atoms with Crippen molar-refractivity contribution in [2.45, 2.75) is 87.9 Å². The molecule has 8 nitrogen and oxygen atoms in total. The van der Waals surface area contributed by atoms with E-state index in [2.05, 4.69) is 36.6 Å². The molecule has 2 aromatic carbocycles. The van der Waals surface area contributed by atoms with Gasteiger partial charge in [0.05, 0.1) is 23.8 Å². The van der Waals surface area contributed by atoms with Crippen molar-refractivity contribution in [1.82, 2.24) is 10.6 Å². The second-order valence-electron chi connectivity index (χ2n) is 10.4. The summed E-state index contributed by atoms with van der Waals surface area (Å²) in [5.74, 6) is -0.00745. The van der Waals surface area contributed by atoms with E-state index in [1.54, 1.807) is 7.11 Å². The zero-order chi connectivity index (χ0) is 27.8. The third-order valence-corrected chi connectivity index (χ3v) is 9.59. The van der Waals surface area contributed by atoms with E-state index in [-0.39, 0.29) is 11.8 Å². The molecule has 0 radical (unpaired) electrons. The summed E-state index contributed by atoms with van der Waals surface area (Å²) >= 11 is 0. The number of aliphatic carboxylic acids is 1. The minimum Gasteiger partial charge on any atom is -0.496 e. The summed E-state index contributed by atoms with van der Waals surface area (Å²) in [5, 5.41) is 16.2. The van der Waals surface area contributed by atoms with Crippen molar-refractivity contribution < 1.29 is 23.7 Å². The Morgan fingerprint density at radius 3 is 2.58 bits per heavy atom. The number of rotatable bonds is 14. The molecular formula is C29H45N3O5S. The minimum atomic E-state index is -3.09. The summed E-state index contributed by atoms with van der Waals surface area (Å²) in [4.78, 5) is 11.5. The highest BCUT2D eigenvalue weighted by Gasteiger charge is 2.42. The molecule has 0 aliphatic carbocycles. The number of carboxylic acids is 1. The smallest absolute Gasteiger partial charge is 0.320 e. The van der Waals surface area contributed by atoms with Crippen LogP contribution in [0, 0.1) is 0 Å². The summed E-state index contributed by atoms with van der Waals surface area (Å²) in [6.07, 6.45) is 5.64. The van der Waals surface area contributed by atoms with E-state index < -0.39 is 28.1 Å². The van der Waals surface area contributed by atoms with Crippen LogP contribution in [-0.4, -0.2) is 51.2 Å². The number of hydrogen-bond donors (Lipinski definition) is 6. The van der Waals surface area contributed by atoms with Crippen molar-refractivity contribution in [2.24, 2.45) is 5.73 Å². The molecule has 38 heavy (non-hydrogen) atoms. The molecular weight excluding hydrogens is 502 g/mol. The molecule has 3 rings (SSSR count). The summed E-state index contributed by atoms with van der Waals surface area (Å²) < 4.78 is 29.1. The number of ether oxygens (including phenoxy) is 1. The third kappa shape index (κ3) is 7.49. The van der Waals surface area contributed by atoms with Crippen LogP contribution in [0.3, 0.4) is 0 Å². The van der Waals surface area contributed by atoms with Crippen molar-refractivity contribution in [1.29, 1.82) is 0 Å². The maximum atomic E-state index is 11.6. The van der Waals surface area contributed by atoms with Gasteiger partial charge >= 0.3 is 5.97 Å². The van der Waals surface area contributed by atoms with Gasteiger partial charge in [0, 0.05) is 23.2 Å². The number of benzene rings is 2. The zero-order valence-electron chi connectivity index (χ0n) is 22.9. The van der Waals surface area contributed by atoms with Crippen LogP contribution in [-0.2, 0) is 11.3 Å². The lowest BCUT2D eigenvalue weighted by Gasteiger charge is -2.42. The standard InChI is InChI=1S/C29H45N3O5S/c1-4-6-15-29(5-2)20-38(35,36)26-17-22(19-31-16-11-10-14-24(30)28(33)34)25(37-3)18-23(26)27(32-29)21-12-8-7-9-13-21/h7-9,12-13,17-18,24,27,31-32,35-36H,4-6,10-11,14-16,19-20,30H2,1-3H3,(H,33,34)/t24-,27+,29+/m0/s1. The Hall–Kier alpha value is -2.14. The Bertz CT molecular complexity index is 1050. The molecule has 1 aliphatic heterocycles. The highest BCUT2D eigenvalue weighted by molar-refractivity contribution is 8.24. The van der Waals surface area contributed by atoms with Crippen LogP contribution in [0.4, 0.5) is 0 Å². The number of nitrogens with one attached hydrogen (secondary N) is 2. The number of methoxy groups -OCH3 is 1. The highest BCUT2D eigenvalue weighted by atomic mass is 32.3. The average molecular weight is 548 g/mol. The van der Waals surface area contributed by atoms with Gasteiger partial charge in [0.1, 0.15) is 11.8 Å². The van der Waals surface area contributed by atoms with E-state index in [1.165, 1.54) is 0 Å². The molecule has 0 fully saturated rings. The van der Waals surface area contributed by atoms with E-state index >= 15 is 0 Å². The van der Waals surface area contributed by atoms with Gasteiger partial charge in [-0.1, -0.05) is 63.4 Å². The lowest BCUT2D eigenvalue weighted by Crippen LogP contribution is -2.49. The molecule has 0 saturated heterocycles. The van der Waals surface area contributed by atoms with Crippen LogP contribution in [0.15, 0.2) is 47.4 Å². The first-order valence-electron chi connectivity index (χ1n) is 13.6. The van der Waals surface area contributed by atoms with Gasteiger partial charge in [-0.05, 0) is 49.9 Å². The monoisotopic (exact) mass is 547 g/mol. The van der Waals surface area contributed by atoms with Gasteiger partial charge in [-0.25, -0.2) is 0 Å². The summed E-state index contributed by atoms with van der Waals surface area (Å²) in [6, 6.07) is 13.0. The Morgan fingerprint density at radius 2 is 1.95 bits per heavy atom. The molecule has 0 spiro atoms. The van der Waals surface area contributed by atoms with Crippen LogP contribution in [0.5, 0.6) is 5.75 Å². The Morgan fingerprint density at radius 1 is 1.21 bits per heavy atom. The number of fused-ring (bicyclic) bond motifs is 1. The quantitative estimate of drug-likeness (QED) is 0.170. The lowest BCUT2D eigenvalue weighted by atomic mass is 9.88. The predicted molar refractivity (Wildman–Crippen MR) is 154 cm³/mol. The van der Waals surface area contributed by atoms with Gasteiger partial charge in [-0.2, -0.15) is 10.6 Å². The molecule has 9 heteroatoms. The van der Waals surface area contributed by atoms with E-state index in [4.69, 9.17) is 15.6 Å². The summed E-state index contributed by atoms with van der Waals surface area (Å²) in [5.41, 5.74) is 7.95. The predicted octanol–water partition coefficient (Wildman–Crippen LogP) is 5.51. The van der Waals surface area contributed by atoms with E-state index in [9.17, 15) is 13.9 Å². The van der Waals surface area contributed by atoms with Gasteiger partial charge in [-0.3, -0.25) is 19.2 Å². The SMILES string of the molecule is CCCC[C@]1(CC)CS(O)(O)c2cc(CNCCCC[C@H](N)C(=O)O)c(OC)cc2[C@@H](c2ccccc2)N1. The van der Waals surface area contributed by atoms with Crippen molar-refractivity contribution in [3.05, 3.63) is 59.2 Å². The molecule has 0 amide bonds. The van der Waals surface area contributed by atoms with Crippen LogP contribution in [0.25, 0.3) is 0 Å². The first-order chi connectivity index (χ1) is 18.2. The third-order valence-electron chi connectivity index (χ3n) is 7.57. The molecule has 1 heterocycles. The second kappa shape index (κ2) is 13.8. The van der Waals surface area contributed by atoms with Gasteiger partial charge < -0.3 is 20.9 Å². The van der Waals surface area contributed by atoms with Gasteiger partial charge in [-0.15, -0.1) is 0 Å². The molecule has 212 valence electrons. The van der Waals surface area contributed by atoms with Gasteiger partial charge in [0.25, 0.3) is 0 Å². The van der Waals surface area contributed by atoms with Crippen LogP contribution in [0.2, 0.25) is 0 Å². The van der Waals surface area contributed by atoms with Crippen LogP contribution < -0.4 is 21.1 Å². The Kier molecular flexibility index (Phi) is 11.0. The van der Waals surface area contributed by atoms with E-state index in [1.807, 2.05) is 30.3 Å². The Labute approximate surface area is 228 Å². The zero-order valence-corrected chi connectivity index (χ0v) is 23.7. The molecule has 0 saturated carbocycles. The topological polar surface area (TPSA) is 137 Å². The second-order valence-corrected chi connectivity index (χ2v) is 12.4. The first-order valence-corrected chi connectivity index (χ1v) is 15.4. The summed E-state index contributed by atoms with van der Waals surface area (Å²) in [7, 11) is -1.45. The van der Waals surface area contributed by atoms with Crippen LogP contribution in [0.1, 0.15) is 81.5 Å². The van der Waals surface area contributed by atoms with E-state index in [0.717, 1.165) is 48.8 Å². The molecule has 7 N–H and O–H groups in total. The fraction of sp³-hybridized carbons (Fsp3) is 0.552. The number of nitrogens with two attached hydrogens (primary N) is 1. The van der Waals surface area contributed by atoms with E-state index in [0.29, 0.717) is 36.6 Å². The highest BCUT2D eigenvalue weighted by Crippen LogP contribution is 2.58. The van der Waals surface area contributed by atoms with Crippen molar-refractivity contribution in [3.8, 4) is 5.75 Å². The largest absolute Gasteiger partial charge is 0.496 e. The number of unbranched alkanes of at least 4 members (excludes halogenated alkanes) is 2. The Balaban J connectivity index is 1.92. The normalized spacial score (nSPS) is 22.2. The van der Waals surface area contributed by atoms with Crippen LogP contribution >= 0.6 is 10.6 Å². The molecule has 0 unspecified atom stereocenters. The molecule has 0 aromatic heterocycles. The van der Waals surface area contributed by atoms with Gasteiger partial charge in [0.2, 0.25) is 0 Å². The molecule has 0 bridgehead atoms. The minimum absolute atomic E-state index is 0.203. The van der Waals surface area contributed by atoms with Gasteiger partial charge in [0.15, 0.2) is 0 Å². The molecule has 2 aromatic rings. The molecule has 3 atom stereocenters.